The number of hydrogen-bond acceptors (Lipinski definition) is 5. The first-order valence-corrected chi connectivity index (χ1v) is 11.8. The van der Waals surface area contributed by atoms with Crippen molar-refractivity contribution in [3.63, 3.8) is 0 Å². The van der Waals surface area contributed by atoms with Crippen LogP contribution in [0.25, 0.3) is 5.69 Å². The van der Waals surface area contributed by atoms with Crippen molar-refractivity contribution < 1.29 is 27.5 Å². The van der Waals surface area contributed by atoms with E-state index in [1.807, 2.05) is 4.90 Å². The average molecular weight is 493 g/mol. The second kappa shape index (κ2) is 10.5. The van der Waals surface area contributed by atoms with Crippen LogP contribution in [0, 0.1) is 13.8 Å². The van der Waals surface area contributed by atoms with Crippen LogP contribution in [0.5, 0.6) is 0 Å². The number of ketones is 1. The first-order chi connectivity index (χ1) is 16.6. The van der Waals surface area contributed by atoms with Crippen molar-refractivity contribution >= 4 is 11.7 Å². The number of carbonyl (C=O) groups excluding carboxylic acids is 2. The van der Waals surface area contributed by atoms with E-state index in [2.05, 4.69) is 9.80 Å². The lowest BCUT2D eigenvalue weighted by Crippen LogP contribution is -2.52. The molecule has 4 rings (SSSR count). The summed E-state index contributed by atoms with van der Waals surface area (Å²) in [5, 5.41) is 0. The summed E-state index contributed by atoms with van der Waals surface area (Å²) in [4.78, 5) is 31.6. The van der Waals surface area contributed by atoms with Gasteiger partial charge in [0.1, 0.15) is 0 Å². The van der Waals surface area contributed by atoms with Gasteiger partial charge in [0, 0.05) is 61.9 Å². The zero-order chi connectivity index (χ0) is 25.2. The van der Waals surface area contributed by atoms with E-state index in [4.69, 9.17) is 4.74 Å². The minimum absolute atomic E-state index is 0.0610. The molecule has 2 saturated heterocycles. The van der Waals surface area contributed by atoms with Crippen LogP contribution < -0.4 is 0 Å². The molecule has 0 N–H and O–H groups in total. The fraction of sp³-hybridized carbons (Fsp3) is 0.520. The van der Waals surface area contributed by atoms with Gasteiger partial charge < -0.3 is 14.2 Å². The van der Waals surface area contributed by atoms with Gasteiger partial charge in [0.05, 0.1) is 31.9 Å². The van der Waals surface area contributed by atoms with Crippen LogP contribution in [0.4, 0.5) is 13.2 Å². The van der Waals surface area contributed by atoms with Crippen molar-refractivity contribution in [2.24, 2.45) is 0 Å². The molecule has 3 heterocycles. The van der Waals surface area contributed by atoms with Gasteiger partial charge in [0.15, 0.2) is 5.78 Å². The van der Waals surface area contributed by atoms with Crippen molar-refractivity contribution in [3.8, 4) is 5.69 Å². The highest BCUT2D eigenvalue weighted by molar-refractivity contribution is 5.99. The van der Waals surface area contributed by atoms with Gasteiger partial charge in [-0.05, 0) is 38.1 Å². The van der Waals surface area contributed by atoms with Crippen molar-refractivity contribution in [3.05, 3.63) is 52.8 Å². The van der Waals surface area contributed by atoms with E-state index in [0.717, 1.165) is 12.1 Å². The van der Waals surface area contributed by atoms with Gasteiger partial charge in [-0.1, -0.05) is 6.07 Å². The first-order valence-electron chi connectivity index (χ1n) is 11.8. The maximum Gasteiger partial charge on any atom is 0.416 e. The Kier molecular flexibility index (Phi) is 7.63. The number of carbonyl (C=O) groups is 2. The standard InChI is InChI=1S/C25H31F3N4O3/c1-18-14-22(19(2)32(18)21-5-3-4-20(15-21)25(26,27)28)23(33)16-29-6-8-30(9-7-29)17-24(34)31-10-12-35-13-11-31/h3-5,14-15H,6-13,16-17H2,1-2H3. The van der Waals surface area contributed by atoms with E-state index in [-0.39, 0.29) is 18.2 Å². The molecule has 10 heteroatoms. The zero-order valence-corrected chi connectivity index (χ0v) is 20.1. The molecule has 0 atom stereocenters. The molecule has 1 aromatic heterocycles. The summed E-state index contributed by atoms with van der Waals surface area (Å²) >= 11 is 0. The monoisotopic (exact) mass is 492 g/mol. The smallest absolute Gasteiger partial charge is 0.378 e. The summed E-state index contributed by atoms with van der Waals surface area (Å²) in [6.07, 6.45) is -4.43. The second-order valence-electron chi connectivity index (χ2n) is 9.14. The van der Waals surface area contributed by atoms with Gasteiger partial charge in [0.25, 0.3) is 0 Å². The minimum Gasteiger partial charge on any atom is -0.378 e. The van der Waals surface area contributed by atoms with E-state index in [1.54, 1.807) is 30.5 Å². The molecule has 0 saturated carbocycles. The molecule has 0 unspecified atom stereocenters. The second-order valence-corrected chi connectivity index (χ2v) is 9.14. The molecule has 0 spiro atoms. The van der Waals surface area contributed by atoms with Gasteiger partial charge in [-0.3, -0.25) is 19.4 Å². The maximum atomic E-state index is 13.2. The van der Waals surface area contributed by atoms with Crippen molar-refractivity contribution in [2.75, 3.05) is 65.6 Å². The molecule has 0 aliphatic carbocycles. The molecule has 1 aromatic carbocycles. The Hall–Kier alpha value is -2.69. The Morgan fingerprint density at radius 1 is 0.914 bits per heavy atom. The molecule has 2 aromatic rings. The summed E-state index contributed by atoms with van der Waals surface area (Å²) in [6, 6.07) is 6.88. The maximum absolute atomic E-state index is 13.2. The number of ether oxygens (including phenoxy) is 1. The highest BCUT2D eigenvalue weighted by atomic mass is 19.4. The van der Waals surface area contributed by atoms with Crippen LogP contribution in [0.3, 0.4) is 0 Å². The first kappa shape index (κ1) is 25.4. The Morgan fingerprint density at radius 3 is 2.17 bits per heavy atom. The zero-order valence-electron chi connectivity index (χ0n) is 20.1. The third-order valence-corrected chi connectivity index (χ3v) is 6.72. The molecular weight excluding hydrogens is 461 g/mol. The third-order valence-electron chi connectivity index (χ3n) is 6.72. The van der Waals surface area contributed by atoms with Crippen LogP contribution in [-0.2, 0) is 15.7 Å². The van der Waals surface area contributed by atoms with Crippen molar-refractivity contribution in [1.82, 2.24) is 19.3 Å². The van der Waals surface area contributed by atoms with Gasteiger partial charge in [-0.25, -0.2) is 0 Å². The van der Waals surface area contributed by atoms with Crippen molar-refractivity contribution in [1.29, 1.82) is 0 Å². The summed E-state index contributed by atoms with van der Waals surface area (Å²) in [6.45, 7) is 9.33. The van der Waals surface area contributed by atoms with E-state index in [9.17, 15) is 22.8 Å². The van der Waals surface area contributed by atoms with Crippen LogP contribution in [0.15, 0.2) is 30.3 Å². The number of nitrogens with zero attached hydrogens (tertiary/aromatic N) is 4. The summed E-state index contributed by atoms with van der Waals surface area (Å²) in [5.74, 6) is 0.0500. The highest BCUT2D eigenvalue weighted by Crippen LogP contribution is 2.31. The lowest BCUT2D eigenvalue weighted by atomic mass is 10.1. The van der Waals surface area contributed by atoms with E-state index in [1.165, 1.54) is 6.07 Å². The number of alkyl halides is 3. The average Bonchev–Trinajstić information content (AvgIpc) is 3.14. The fourth-order valence-corrected chi connectivity index (χ4v) is 4.76. The summed E-state index contributed by atoms with van der Waals surface area (Å²) in [7, 11) is 0. The number of aryl methyl sites for hydroxylation is 1. The molecule has 0 bridgehead atoms. The Morgan fingerprint density at radius 2 is 1.54 bits per heavy atom. The number of Topliss-reactive ketones (excluding diaryl/α,β-unsaturated/α-hetero) is 1. The van der Waals surface area contributed by atoms with E-state index >= 15 is 0 Å². The number of benzene rings is 1. The predicted molar refractivity (Wildman–Crippen MR) is 125 cm³/mol. The number of aromatic nitrogens is 1. The highest BCUT2D eigenvalue weighted by Gasteiger charge is 2.31. The van der Waals surface area contributed by atoms with Crippen LogP contribution in [-0.4, -0.2) is 96.5 Å². The van der Waals surface area contributed by atoms with Gasteiger partial charge in [-0.15, -0.1) is 0 Å². The van der Waals surface area contributed by atoms with Gasteiger partial charge >= 0.3 is 6.18 Å². The molecule has 1 amide bonds. The van der Waals surface area contributed by atoms with Crippen LogP contribution >= 0.6 is 0 Å². The summed E-state index contributed by atoms with van der Waals surface area (Å²) < 4.78 is 46.5. The molecule has 2 aliphatic rings. The number of piperazine rings is 1. The fourth-order valence-electron chi connectivity index (χ4n) is 4.76. The quantitative estimate of drug-likeness (QED) is 0.581. The Balaban J connectivity index is 1.36. The topological polar surface area (TPSA) is 58.0 Å². The van der Waals surface area contributed by atoms with E-state index < -0.39 is 11.7 Å². The van der Waals surface area contributed by atoms with Gasteiger partial charge in [-0.2, -0.15) is 13.2 Å². The Bertz CT molecular complexity index is 1070. The molecule has 190 valence electrons. The Labute approximate surface area is 203 Å². The molecule has 2 aliphatic heterocycles. The number of rotatable bonds is 6. The normalized spacial score (nSPS) is 18.1. The van der Waals surface area contributed by atoms with Crippen LogP contribution in [0.2, 0.25) is 0 Å². The lowest BCUT2D eigenvalue weighted by molar-refractivity contribution is -0.138. The minimum atomic E-state index is -4.43. The molecule has 7 nitrogen and oxygen atoms in total. The lowest BCUT2D eigenvalue weighted by Gasteiger charge is -2.35. The molecule has 35 heavy (non-hydrogen) atoms. The summed E-state index contributed by atoms with van der Waals surface area (Å²) in [5.41, 5.74) is 1.51. The number of hydrogen-bond donors (Lipinski definition) is 0. The van der Waals surface area contributed by atoms with Gasteiger partial charge in [0.2, 0.25) is 5.91 Å². The largest absolute Gasteiger partial charge is 0.416 e. The molecule has 0 radical (unpaired) electrons. The van der Waals surface area contributed by atoms with Crippen molar-refractivity contribution in [2.45, 2.75) is 20.0 Å². The third kappa shape index (κ3) is 5.94. The molecule has 2 fully saturated rings. The number of morpholine rings is 1. The van der Waals surface area contributed by atoms with Crippen LogP contribution in [0.1, 0.15) is 27.3 Å². The predicted octanol–water partition coefficient (Wildman–Crippen LogP) is 2.77. The van der Waals surface area contributed by atoms with E-state index in [0.29, 0.717) is 81.7 Å². The molecular formula is C25H31F3N4O3. The number of amides is 1. The SMILES string of the molecule is Cc1cc(C(=O)CN2CCN(CC(=O)N3CCOCC3)CC2)c(C)n1-c1cccc(C(F)(F)F)c1. The number of halogens is 3.